The van der Waals surface area contributed by atoms with Crippen LogP contribution < -0.4 is 5.32 Å². The Morgan fingerprint density at radius 2 is 2.00 bits per heavy atom. The van der Waals surface area contributed by atoms with Gasteiger partial charge in [-0.25, -0.2) is 0 Å². The summed E-state index contributed by atoms with van der Waals surface area (Å²) in [5, 5.41) is 11.7. The van der Waals surface area contributed by atoms with Crippen molar-refractivity contribution >= 4 is 11.6 Å². The van der Waals surface area contributed by atoms with E-state index in [1.54, 1.807) is 0 Å². The van der Waals surface area contributed by atoms with Crippen molar-refractivity contribution in [3.05, 3.63) is 12.2 Å². The van der Waals surface area contributed by atoms with Gasteiger partial charge in [0.25, 0.3) is 0 Å². The highest BCUT2D eigenvalue weighted by Gasteiger charge is 1.86. The van der Waals surface area contributed by atoms with E-state index in [1.165, 1.54) is 0 Å². The number of hydrogen-bond acceptors (Lipinski definition) is 2. The SMILES string of the molecule is OCCCCCNC/C=C/CCl. The van der Waals surface area contributed by atoms with Crippen molar-refractivity contribution in [3.63, 3.8) is 0 Å². The molecule has 0 aliphatic rings. The first-order valence-corrected chi connectivity index (χ1v) is 4.97. The molecule has 0 fully saturated rings. The van der Waals surface area contributed by atoms with Crippen molar-refractivity contribution in [2.75, 3.05) is 25.6 Å². The zero-order valence-corrected chi connectivity index (χ0v) is 8.19. The van der Waals surface area contributed by atoms with Crippen LogP contribution in [0.25, 0.3) is 0 Å². The molecule has 3 heteroatoms. The topological polar surface area (TPSA) is 32.3 Å². The highest BCUT2D eigenvalue weighted by Crippen LogP contribution is 1.91. The molecule has 0 saturated heterocycles. The first-order valence-electron chi connectivity index (χ1n) is 4.44. The Kier molecular flexibility index (Phi) is 10.9. The zero-order chi connectivity index (χ0) is 9.07. The predicted octanol–water partition coefficient (Wildman–Crippen LogP) is 1.53. The molecule has 2 N–H and O–H groups in total. The Bertz CT molecular complexity index is 107. The number of nitrogens with one attached hydrogen (secondary N) is 1. The quantitative estimate of drug-likeness (QED) is 0.347. The Morgan fingerprint density at radius 1 is 1.17 bits per heavy atom. The lowest BCUT2D eigenvalue weighted by Gasteiger charge is -1.99. The number of unbranched alkanes of at least 4 members (excludes halogenated alkanes) is 2. The molecule has 0 unspecified atom stereocenters. The lowest BCUT2D eigenvalue weighted by atomic mass is 10.2. The Balaban J connectivity index is 2.86. The summed E-state index contributed by atoms with van der Waals surface area (Å²) in [7, 11) is 0. The maximum absolute atomic E-state index is 8.49. The molecule has 0 aliphatic heterocycles. The van der Waals surface area contributed by atoms with Gasteiger partial charge in [0.15, 0.2) is 0 Å². The second-order valence-corrected chi connectivity index (χ2v) is 2.92. The van der Waals surface area contributed by atoms with Crippen LogP contribution in [0.1, 0.15) is 19.3 Å². The number of allylic oxidation sites excluding steroid dienone is 1. The van der Waals surface area contributed by atoms with Gasteiger partial charge in [-0.2, -0.15) is 0 Å². The summed E-state index contributed by atoms with van der Waals surface area (Å²) in [6.45, 7) is 2.23. The first kappa shape index (κ1) is 11.9. The maximum atomic E-state index is 8.49. The normalized spacial score (nSPS) is 11.2. The lowest BCUT2D eigenvalue weighted by Crippen LogP contribution is -2.14. The summed E-state index contributed by atoms with van der Waals surface area (Å²) >= 11 is 5.44. The molecule has 0 saturated carbocycles. The summed E-state index contributed by atoms with van der Waals surface area (Å²) in [6, 6.07) is 0. The molecule has 0 aromatic heterocycles. The minimum absolute atomic E-state index is 0.312. The van der Waals surface area contributed by atoms with Crippen LogP contribution in [0.5, 0.6) is 0 Å². The lowest BCUT2D eigenvalue weighted by molar-refractivity contribution is 0.283. The van der Waals surface area contributed by atoms with E-state index in [9.17, 15) is 0 Å². The van der Waals surface area contributed by atoms with Gasteiger partial charge in [0.1, 0.15) is 0 Å². The summed E-state index contributed by atoms with van der Waals surface area (Å²) in [6.07, 6.45) is 7.11. The molecule has 12 heavy (non-hydrogen) atoms. The van der Waals surface area contributed by atoms with Crippen LogP contribution in [0.3, 0.4) is 0 Å². The van der Waals surface area contributed by atoms with Crippen LogP contribution in [-0.4, -0.2) is 30.7 Å². The molecular weight excluding hydrogens is 174 g/mol. The van der Waals surface area contributed by atoms with Gasteiger partial charge in [0, 0.05) is 19.0 Å². The molecule has 2 nitrogen and oxygen atoms in total. The first-order chi connectivity index (χ1) is 5.91. The molecule has 0 aromatic rings. The Hall–Kier alpha value is -0.0500. The van der Waals surface area contributed by atoms with Gasteiger partial charge in [0.2, 0.25) is 0 Å². The van der Waals surface area contributed by atoms with Crippen molar-refractivity contribution in [1.29, 1.82) is 0 Å². The fourth-order valence-corrected chi connectivity index (χ4v) is 0.996. The molecule has 0 spiro atoms. The molecule has 0 rings (SSSR count). The van der Waals surface area contributed by atoms with Gasteiger partial charge in [0.05, 0.1) is 0 Å². The van der Waals surface area contributed by atoms with Crippen LogP contribution in [0, 0.1) is 0 Å². The molecule has 0 radical (unpaired) electrons. The molecule has 0 atom stereocenters. The second kappa shape index (κ2) is 11.0. The van der Waals surface area contributed by atoms with Crippen LogP contribution in [-0.2, 0) is 0 Å². The highest BCUT2D eigenvalue weighted by molar-refractivity contribution is 6.18. The minimum Gasteiger partial charge on any atom is -0.396 e. The third-order valence-electron chi connectivity index (χ3n) is 1.53. The molecule has 0 heterocycles. The number of halogens is 1. The van der Waals surface area contributed by atoms with Crippen LogP contribution in [0.4, 0.5) is 0 Å². The predicted molar refractivity (Wildman–Crippen MR) is 53.7 cm³/mol. The monoisotopic (exact) mass is 191 g/mol. The van der Waals surface area contributed by atoms with E-state index in [1.807, 2.05) is 12.2 Å². The number of alkyl halides is 1. The smallest absolute Gasteiger partial charge is 0.0431 e. The number of rotatable bonds is 8. The maximum Gasteiger partial charge on any atom is 0.0431 e. The number of hydrogen-bond donors (Lipinski definition) is 2. The third-order valence-corrected chi connectivity index (χ3v) is 1.71. The van der Waals surface area contributed by atoms with Crippen molar-refractivity contribution < 1.29 is 5.11 Å². The summed E-state index contributed by atoms with van der Waals surface area (Å²) < 4.78 is 0. The fourth-order valence-electron chi connectivity index (χ4n) is 0.870. The van der Waals surface area contributed by atoms with Gasteiger partial charge in [-0.05, 0) is 25.8 Å². The van der Waals surface area contributed by atoms with E-state index in [4.69, 9.17) is 16.7 Å². The van der Waals surface area contributed by atoms with Gasteiger partial charge in [-0.15, -0.1) is 11.6 Å². The second-order valence-electron chi connectivity index (χ2n) is 2.61. The van der Waals surface area contributed by atoms with Gasteiger partial charge < -0.3 is 10.4 Å². The van der Waals surface area contributed by atoms with Crippen molar-refractivity contribution in [3.8, 4) is 0 Å². The van der Waals surface area contributed by atoms with E-state index in [0.29, 0.717) is 12.5 Å². The van der Waals surface area contributed by atoms with E-state index in [2.05, 4.69) is 5.32 Å². The van der Waals surface area contributed by atoms with E-state index in [0.717, 1.165) is 32.4 Å². The van der Waals surface area contributed by atoms with Gasteiger partial charge in [-0.1, -0.05) is 12.2 Å². The largest absolute Gasteiger partial charge is 0.396 e. The molecule has 0 bridgehead atoms. The van der Waals surface area contributed by atoms with Crippen molar-refractivity contribution in [2.45, 2.75) is 19.3 Å². The van der Waals surface area contributed by atoms with E-state index >= 15 is 0 Å². The van der Waals surface area contributed by atoms with Gasteiger partial charge in [-0.3, -0.25) is 0 Å². The van der Waals surface area contributed by atoms with Crippen LogP contribution >= 0.6 is 11.6 Å². The molecule has 0 amide bonds. The Labute approximate surface area is 79.6 Å². The summed E-state index contributed by atoms with van der Waals surface area (Å²) in [4.78, 5) is 0. The van der Waals surface area contributed by atoms with Crippen LogP contribution in [0.15, 0.2) is 12.2 Å². The average molecular weight is 192 g/mol. The van der Waals surface area contributed by atoms with E-state index < -0.39 is 0 Å². The molecular formula is C9H18ClNO. The van der Waals surface area contributed by atoms with Gasteiger partial charge >= 0.3 is 0 Å². The van der Waals surface area contributed by atoms with E-state index in [-0.39, 0.29) is 0 Å². The molecule has 72 valence electrons. The summed E-state index contributed by atoms with van der Waals surface area (Å²) in [5.74, 6) is 0.589. The highest BCUT2D eigenvalue weighted by atomic mass is 35.5. The zero-order valence-electron chi connectivity index (χ0n) is 7.43. The van der Waals surface area contributed by atoms with Crippen molar-refractivity contribution in [2.24, 2.45) is 0 Å². The van der Waals surface area contributed by atoms with Crippen LogP contribution in [0.2, 0.25) is 0 Å². The molecule has 0 aliphatic carbocycles. The number of aliphatic hydroxyl groups excluding tert-OH is 1. The van der Waals surface area contributed by atoms with Crippen molar-refractivity contribution in [1.82, 2.24) is 5.32 Å². The summed E-state index contributed by atoms with van der Waals surface area (Å²) in [5.41, 5.74) is 0. The minimum atomic E-state index is 0.312. The number of aliphatic hydroxyl groups is 1. The average Bonchev–Trinajstić information content (AvgIpc) is 2.10. The third kappa shape index (κ3) is 9.95. The standard InChI is InChI=1S/C9H18ClNO/c10-6-2-4-8-11-7-3-1-5-9-12/h2,4,11-12H,1,3,5-9H2/b4-2+. The Morgan fingerprint density at radius 3 is 2.67 bits per heavy atom. The fraction of sp³-hybridized carbons (Fsp3) is 0.778. The molecule has 0 aromatic carbocycles.